The quantitative estimate of drug-likeness (QED) is 0.893. The van der Waals surface area contributed by atoms with Crippen molar-refractivity contribution in [2.45, 2.75) is 13.8 Å². The molecule has 104 valence electrons. The van der Waals surface area contributed by atoms with Crippen LogP contribution in [0.4, 0.5) is 0 Å². The average Bonchev–Trinajstić information content (AvgIpc) is 2.44. The number of carboxylic acid groups (broad SMARTS) is 1. The molecule has 0 aliphatic rings. The summed E-state index contributed by atoms with van der Waals surface area (Å²) in [6.45, 7) is 3.21. The number of para-hydroxylation sites is 1. The molecular weight excluding hydrogens is 256 g/mol. The number of benzene rings is 1. The van der Waals surface area contributed by atoms with E-state index >= 15 is 0 Å². The molecule has 0 bridgehead atoms. The van der Waals surface area contributed by atoms with Gasteiger partial charge in [0.1, 0.15) is 0 Å². The van der Waals surface area contributed by atoms with Gasteiger partial charge in [0.15, 0.2) is 0 Å². The van der Waals surface area contributed by atoms with Crippen molar-refractivity contribution in [2.24, 2.45) is 5.41 Å². The van der Waals surface area contributed by atoms with Crippen LogP contribution in [0.2, 0.25) is 0 Å². The van der Waals surface area contributed by atoms with Crippen molar-refractivity contribution >= 4 is 22.8 Å². The second-order valence-corrected chi connectivity index (χ2v) is 5.25. The Balaban J connectivity index is 2.22. The van der Waals surface area contributed by atoms with Crippen LogP contribution in [-0.2, 0) is 4.79 Å². The molecule has 0 spiro atoms. The van der Waals surface area contributed by atoms with Gasteiger partial charge in [-0.15, -0.1) is 0 Å². The van der Waals surface area contributed by atoms with Crippen LogP contribution in [0, 0.1) is 5.41 Å². The Bertz CT molecular complexity index is 660. The molecule has 0 saturated carbocycles. The minimum atomic E-state index is -1.00. The minimum absolute atomic E-state index is 0.0673. The van der Waals surface area contributed by atoms with Crippen LogP contribution in [0.15, 0.2) is 36.5 Å². The highest BCUT2D eigenvalue weighted by Crippen LogP contribution is 2.17. The number of rotatable bonds is 4. The fourth-order valence-electron chi connectivity index (χ4n) is 1.77. The van der Waals surface area contributed by atoms with E-state index in [2.05, 4.69) is 10.3 Å². The van der Waals surface area contributed by atoms with Gasteiger partial charge < -0.3 is 10.4 Å². The predicted octanol–water partition coefficient (Wildman–Crippen LogP) is 2.08. The van der Waals surface area contributed by atoms with Gasteiger partial charge in [-0.2, -0.15) is 0 Å². The van der Waals surface area contributed by atoms with Crippen LogP contribution in [-0.4, -0.2) is 28.5 Å². The molecule has 0 fully saturated rings. The topological polar surface area (TPSA) is 79.3 Å². The molecule has 1 aromatic heterocycles. The Labute approximate surface area is 116 Å². The monoisotopic (exact) mass is 272 g/mol. The number of nitrogens with zero attached hydrogens (tertiary/aromatic N) is 1. The van der Waals surface area contributed by atoms with Crippen molar-refractivity contribution in [1.82, 2.24) is 10.3 Å². The SMILES string of the molecule is CC(C)(CNC(=O)c1ccnc2ccccc12)C(=O)O. The molecule has 1 aromatic carbocycles. The first-order valence-electron chi connectivity index (χ1n) is 6.27. The second kappa shape index (κ2) is 5.28. The third-order valence-electron chi connectivity index (χ3n) is 3.16. The number of carboxylic acids is 1. The van der Waals surface area contributed by atoms with E-state index in [1.807, 2.05) is 24.3 Å². The number of aliphatic carboxylic acids is 1. The van der Waals surface area contributed by atoms with Crippen molar-refractivity contribution in [1.29, 1.82) is 0 Å². The van der Waals surface area contributed by atoms with Crippen LogP contribution in [0.5, 0.6) is 0 Å². The normalized spacial score (nSPS) is 11.3. The molecule has 5 heteroatoms. The summed E-state index contributed by atoms with van der Waals surface area (Å²) in [4.78, 5) is 27.4. The van der Waals surface area contributed by atoms with Crippen LogP contribution in [0.25, 0.3) is 10.9 Å². The summed E-state index contributed by atoms with van der Waals surface area (Å²) in [6, 6.07) is 8.96. The zero-order valence-corrected chi connectivity index (χ0v) is 11.4. The first kappa shape index (κ1) is 14.0. The van der Waals surface area contributed by atoms with Crippen molar-refractivity contribution < 1.29 is 14.7 Å². The number of carbonyl (C=O) groups excluding carboxylic acids is 1. The maximum absolute atomic E-state index is 12.2. The molecule has 0 saturated heterocycles. The Kier molecular flexibility index (Phi) is 3.70. The van der Waals surface area contributed by atoms with Gasteiger partial charge in [-0.25, -0.2) is 0 Å². The van der Waals surface area contributed by atoms with E-state index < -0.39 is 11.4 Å². The second-order valence-electron chi connectivity index (χ2n) is 5.25. The zero-order valence-electron chi connectivity index (χ0n) is 11.4. The third kappa shape index (κ3) is 2.77. The molecule has 1 amide bonds. The lowest BCUT2D eigenvalue weighted by molar-refractivity contribution is -0.146. The highest BCUT2D eigenvalue weighted by Gasteiger charge is 2.27. The van der Waals surface area contributed by atoms with Gasteiger partial charge >= 0.3 is 5.97 Å². The summed E-state index contributed by atoms with van der Waals surface area (Å²) in [5, 5.41) is 12.5. The highest BCUT2D eigenvalue weighted by molar-refractivity contribution is 6.06. The van der Waals surface area contributed by atoms with E-state index in [0.29, 0.717) is 5.56 Å². The molecule has 2 N–H and O–H groups in total. The third-order valence-corrected chi connectivity index (χ3v) is 3.16. The molecule has 20 heavy (non-hydrogen) atoms. The molecule has 1 heterocycles. The van der Waals surface area contributed by atoms with E-state index in [0.717, 1.165) is 10.9 Å². The van der Waals surface area contributed by atoms with Gasteiger partial charge in [0, 0.05) is 18.1 Å². The van der Waals surface area contributed by atoms with Crippen LogP contribution < -0.4 is 5.32 Å². The number of aromatic nitrogens is 1. The summed E-state index contributed by atoms with van der Waals surface area (Å²) in [7, 11) is 0. The number of nitrogens with one attached hydrogen (secondary N) is 1. The van der Waals surface area contributed by atoms with Gasteiger partial charge in [-0.1, -0.05) is 18.2 Å². The number of fused-ring (bicyclic) bond motifs is 1. The number of hydrogen-bond acceptors (Lipinski definition) is 3. The average molecular weight is 272 g/mol. The minimum Gasteiger partial charge on any atom is -0.481 e. The van der Waals surface area contributed by atoms with Gasteiger partial charge in [0.2, 0.25) is 0 Å². The Morgan fingerprint density at radius 3 is 2.65 bits per heavy atom. The van der Waals surface area contributed by atoms with Crippen molar-refractivity contribution in [3.63, 3.8) is 0 Å². The fourth-order valence-corrected chi connectivity index (χ4v) is 1.77. The molecule has 0 radical (unpaired) electrons. The van der Waals surface area contributed by atoms with Gasteiger partial charge in [0.05, 0.1) is 16.5 Å². The largest absolute Gasteiger partial charge is 0.481 e. The molecule has 0 aliphatic carbocycles. The van der Waals surface area contributed by atoms with Crippen LogP contribution >= 0.6 is 0 Å². The van der Waals surface area contributed by atoms with E-state index in [-0.39, 0.29) is 12.5 Å². The summed E-state index contributed by atoms with van der Waals surface area (Å²) in [5.74, 6) is -1.24. The van der Waals surface area contributed by atoms with E-state index in [9.17, 15) is 9.59 Å². The fraction of sp³-hybridized carbons (Fsp3) is 0.267. The summed E-state index contributed by atoms with van der Waals surface area (Å²) >= 11 is 0. The van der Waals surface area contributed by atoms with E-state index in [4.69, 9.17) is 5.11 Å². The maximum atomic E-state index is 12.2. The molecule has 0 unspecified atom stereocenters. The smallest absolute Gasteiger partial charge is 0.310 e. The maximum Gasteiger partial charge on any atom is 0.310 e. The van der Waals surface area contributed by atoms with Crippen LogP contribution in [0.1, 0.15) is 24.2 Å². The van der Waals surface area contributed by atoms with Crippen molar-refractivity contribution in [2.75, 3.05) is 6.54 Å². The number of amides is 1. The van der Waals surface area contributed by atoms with Crippen LogP contribution in [0.3, 0.4) is 0 Å². The molecule has 2 aromatic rings. The molecule has 0 aliphatic heterocycles. The Morgan fingerprint density at radius 2 is 1.95 bits per heavy atom. The van der Waals surface area contributed by atoms with Gasteiger partial charge in [0.25, 0.3) is 5.91 Å². The summed E-state index contributed by atoms with van der Waals surface area (Å²) < 4.78 is 0. The number of pyridine rings is 1. The molecule has 0 atom stereocenters. The first-order chi connectivity index (χ1) is 9.42. The summed E-state index contributed by atoms with van der Waals surface area (Å²) in [5.41, 5.74) is 0.229. The summed E-state index contributed by atoms with van der Waals surface area (Å²) in [6.07, 6.45) is 1.57. The predicted molar refractivity (Wildman–Crippen MR) is 75.5 cm³/mol. The Hall–Kier alpha value is -2.43. The molecular formula is C15H16N2O3. The van der Waals surface area contributed by atoms with E-state index in [1.54, 1.807) is 26.1 Å². The van der Waals surface area contributed by atoms with Crippen molar-refractivity contribution in [3.05, 3.63) is 42.1 Å². The van der Waals surface area contributed by atoms with E-state index in [1.165, 1.54) is 0 Å². The van der Waals surface area contributed by atoms with Gasteiger partial charge in [-0.05, 0) is 26.0 Å². The lowest BCUT2D eigenvalue weighted by Crippen LogP contribution is -2.38. The molecule has 2 rings (SSSR count). The first-order valence-corrected chi connectivity index (χ1v) is 6.27. The highest BCUT2D eigenvalue weighted by atomic mass is 16.4. The number of hydrogen-bond donors (Lipinski definition) is 2. The zero-order chi connectivity index (χ0) is 14.8. The Morgan fingerprint density at radius 1 is 1.25 bits per heavy atom. The van der Waals surface area contributed by atoms with Crippen molar-refractivity contribution in [3.8, 4) is 0 Å². The number of carbonyl (C=O) groups is 2. The lowest BCUT2D eigenvalue weighted by Gasteiger charge is -2.19. The molecule has 5 nitrogen and oxygen atoms in total. The lowest BCUT2D eigenvalue weighted by atomic mass is 9.94. The standard InChI is InChI=1S/C15H16N2O3/c1-15(2,14(19)20)9-17-13(18)11-7-8-16-12-6-4-3-5-10(11)12/h3-8H,9H2,1-2H3,(H,17,18)(H,19,20). The van der Waals surface area contributed by atoms with Gasteiger partial charge in [-0.3, -0.25) is 14.6 Å².